The number of nitrogens with two attached hydrogens (primary N) is 1. The first-order chi connectivity index (χ1) is 10.5. The Morgan fingerprint density at radius 1 is 1.32 bits per heavy atom. The fourth-order valence-electron chi connectivity index (χ4n) is 1.73. The minimum Gasteiger partial charge on any atom is -0.497 e. The second-order valence-electron chi connectivity index (χ2n) is 4.30. The topological polar surface area (TPSA) is 61.5 Å². The van der Waals surface area contributed by atoms with E-state index in [1.54, 1.807) is 24.9 Å². The van der Waals surface area contributed by atoms with Gasteiger partial charge in [-0.3, -0.25) is 0 Å². The minimum absolute atomic E-state index is 0.281. The van der Waals surface area contributed by atoms with Crippen molar-refractivity contribution in [2.45, 2.75) is 9.96 Å². The second-order valence-corrected chi connectivity index (χ2v) is 7.04. The molecule has 0 saturated carbocycles. The van der Waals surface area contributed by atoms with Gasteiger partial charge < -0.3 is 15.2 Å². The molecule has 1 aromatic heterocycles. The van der Waals surface area contributed by atoms with Gasteiger partial charge in [0.15, 0.2) is 0 Å². The fourth-order valence-corrected chi connectivity index (χ4v) is 4.33. The zero-order valence-corrected chi connectivity index (χ0v) is 14.6. The Balaban J connectivity index is 2.15. The van der Waals surface area contributed by atoms with Gasteiger partial charge in [-0.2, -0.15) is 0 Å². The number of carbonyl (C=O) groups is 1. The number of methoxy groups -OCH3 is 2. The summed E-state index contributed by atoms with van der Waals surface area (Å²) < 4.78 is 10.8. The maximum atomic E-state index is 11.6. The lowest BCUT2D eigenvalue weighted by atomic mass is 10.2. The Kier molecular flexibility index (Phi) is 5.82. The predicted octanol–water partition coefficient (Wildman–Crippen LogP) is 3.47. The standard InChI is InChI=1S/C15H15NO3S3/c1-18-10-5-3-9(4-6-10)8-21-15-11(13(16)20)7-12(22-15)14(17)19-2/h3-7H,8H2,1-2H3,(H2,16,20). The number of thioether (sulfide) groups is 1. The van der Waals surface area contributed by atoms with Crippen molar-refractivity contribution < 1.29 is 14.3 Å². The molecule has 7 heteroatoms. The van der Waals surface area contributed by atoms with Crippen LogP contribution in [0.1, 0.15) is 20.8 Å². The summed E-state index contributed by atoms with van der Waals surface area (Å²) in [7, 11) is 2.99. The van der Waals surface area contributed by atoms with Crippen LogP contribution in [0.4, 0.5) is 0 Å². The first kappa shape index (κ1) is 16.8. The largest absolute Gasteiger partial charge is 0.497 e. The van der Waals surface area contributed by atoms with Crippen molar-refractivity contribution in [3.05, 3.63) is 46.3 Å². The number of ether oxygens (including phenoxy) is 2. The predicted molar refractivity (Wildman–Crippen MR) is 94.1 cm³/mol. The average molecular weight is 353 g/mol. The van der Waals surface area contributed by atoms with Gasteiger partial charge in [0.25, 0.3) is 0 Å². The zero-order chi connectivity index (χ0) is 16.1. The smallest absolute Gasteiger partial charge is 0.348 e. The van der Waals surface area contributed by atoms with Crippen LogP contribution in [0, 0.1) is 0 Å². The molecule has 0 unspecified atom stereocenters. The van der Waals surface area contributed by atoms with Crippen molar-refractivity contribution >= 4 is 46.3 Å². The Morgan fingerprint density at radius 2 is 2.00 bits per heavy atom. The summed E-state index contributed by atoms with van der Waals surface area (Å²) in [4.78, 5) is 12.4. The molecule has 0 spiro atoms. The second kappa shape index (κ2) is 7.62. The molecule has 2 N–H and O–H groups in total. The molecule has 0 saturated heterocycles. The lowest BCUT2D eigenvalue weighted by molar-refractivity contribution is 0.0606. The molecule has 0 radical (unpaired) electrons. The molecule has 22 heavy (non-hydrogen) atoms. The number of thiophene rings is 1. The monoisotopic (exact) mass is 353 g/mol. The highest BCUT2D eigenvalue weighted by Crippen LogP contribution is 2.34. The highest BCUT2D eigenvalue weighted by atomic mass is 32.2. The van der Waals surface area contributed by atoms with E-state index < -0.39 is 0 Å². The highest BCUT2D eigenvalue weighted by Gasteiger charge is 2.17. The average Bonchev–Trinajstić information content (AvgIpc) is 2.97. The number of hydrogen-bond donors (Lipinski definition) is 1. The number of rotatable bonds is 6. The van der Waals surface area contributed by atoms with Crippen LogP contribution in [0.15, 0.2) is 34.5 Å². The van der Waals surface area contributed by atoms with E-state index in [1.807, 2.05) is 24.3 Å². The molecule has 116 valence electrons. The van der Waals surface area contributed by atoms with Crippen LogP contribution in [0.2, 0.25) is 0 Å². The lowest BCUT2D eigenvalue weighted by Crippen LogP contribution is -2.09. The van der Waals surface area contributed by atoms with Crippen LogP contribution in [0.25, 0.3) is 0 Å². The molecule has 1 heterocycles. The summed E-state index contributed by atoms with van der Waals surface area (Å²) in [5.74, 6) is 1.20. The van der Waals surface area contributed by atoms with E-state index in [0.717, 1.165) is 26.8 Å². The Bertz CT molecular complexity index is 680. The Labute approximate surface area is 142 Å². The highest BCUT2D eigenvalue weighted by molar-refractivity contribution is 8.00. The first-order valence-electron chi connectivity index (χ1n) is 6.32. The summed E-state index contributed by atoms with van der Waals surface area (Å²) in [6.45, 7) is 0. The molecule has 0 aliphatic carbocycles. The molecular formula is C15H15NO3S3. The van der Waals surface area contributed by atoms with Gasteiger partial charge in [0.05, 0.1) is 18.4 Å². The van der Waals surface area contributed by atoms with Gasteiger partial charge in [0.1, 0.15) is 15.6 Å². The number of benzene rings is 1. The van der Waals surface area contributed by atoms with E-state index in [4.69, 9.17) is 27.4 Å². The Morgan fingerprint density at radius 3 is 2.55 bits per heavy atom. The van der Waals surface area contributed by atoms with Crippen molar-refractivity contribution in [2.24, 2.45) is 5.73 Å². The van der Waals surface area contributed by atoms with E-state index in [-0.39, 0.29) is 11.0 Å². The van der Waals surface area contributed by atoms with Gasteiger partial charge in [-0.1, -0.05) is 24.4 Å². The Hall–Kier alpha value is -1.57. The van der Waals surface area contributed by atoms with Gasteiger partial charge in [0, 0.05) is 11.3 Å². The normalized spacial score (nSPS) is 10.3. The SMILES string of the molecule is COC(=O)c1cc(C(N)=S)c(SCc2ccc(OC)cc2)s1. The molecule has 0 aliphatic heterocycles. The molecule has 1 aromatic carbocycles. The van der Waals surface area contributed by atoms with Gasteiger partial charge >= 0.3 is 5.97 Å². The quantitative estimate of drug-likeness (QED) is 0.487. The number of esters is 1. The summed E-state index contributed by atoms with van der Waals surface area (Å²) in [6, 6.07) is 9.52. The third kappa shape index (κ3) is 4.00. The van der Waals surface area contributed by atoms with E-state index in [1.165, 1.54) is 18.4 Å². The van der Waals surface area contributed by atoms with Crippen molar-refractivity contribution in [2.75, 3.05) is 14.2 Å². The molecule has 0 atom stereocenters. The maximum absolute atomic E-state index is 11.6. The minimum atomic E-state index is -0.376. The van der Waals surface area contributed by atoms with Gasteiger partial charge in [-0.25, -0.2) is 4.79 Å². The molecule has 0 bridgehead atoms. The molecular weight excluding hydrogens is 338 g/mol. The lowest BCUT2D eigenvalue weighted by Gasteiger charge is -2.04. The van der Waals surface area contributed by atoms with Gasteiger partial charge in [0.2, 0.25) is 0 Å². The molecule has 2 aromatic rings. The van der Waals surface area contributed by atoms with Crippen LogP contribution in [-0.2, 0) is 10.5 Å². The van der Waals surface area contributed by atoms with Crippen molar-refractivity contribution in [1.29, 1.82) is 0 Å². The van der Waals surface area contributed by atoms with Crippen LogP contribution >= 0.6 is 35.3 Å². The van der Waals surface area contributed by atoms with Crippen molar-refractivity contribution in [3.63, 3.8) is 0 Å². The van der Waals surface area contributed by atoms with Crippen LogP contribution in [-0.4, -0.2) is 25.2 Å². The van der Waals surface area contributed by atoms with Gasteiger partial charge in [-0.05, 0) is 23.8 Å². The molecule has 2 rings (SSSR count). The molecule has 0 amide bonds. The first-order valence-corrected chi connectivity index (χ1v) is 8.54. The number of hydrogen-bond acceptors (Lipinski definition) is 6. The zero-order valence-electron chi connectivity index (χ0n) is 12.1. The number of thiocarbonyl (C=S) groups is 1. The summed E-state index contributed by atoms with van der Waals surface area (Å²) >= 11 is 7.99. The van der Waals surface area contributed by atoms with Crippen molar-refractivity contribution in [1.82, 2.24) is 0 Å². The molecule has 0 fully saturated rings. The third-order valence-corrected chi connectivity index (χ3v) is 5.57. The van der Waals surface area contributed by atoms with E-state index in [2.05, 4.69) is 0 Å². The number of carbonyl (C=O) groups excluding carboxylic acids is 1. The summed E-state index contributed by atoms with van der Waals surface area (Å²) in [5.41, 5.74) is 7.60. The summed E-state index contributed by atoms with van der Waals surface area (Å²) in [5, 5.41) is 0. The van der Waals surface area contributed by atoms with Crippen LogP contribution < -0.4 is 10.5 Å². The van der Waals surface area contributed by atoms with Gasteiger partial charge in [-0.15, -0.1) is 23.1 Å². The van der Waals surface area contributed by atoms with Crippen molar-refractivity contribution in [3.8, 4) is 5.75 Å². The van der Waals surface area contributed by atoms with E-state index in [9.17, 15) is 4.79 Å². The summed E-state index contributed by atoms with van der Waals surface area (Å²) in [6.07, 6.45) is 0. The molecule has 4 nitrogen and oxygen atoms in total. The van der Waals surface area contributed by atoms with E-state index >= 15 is 0 Å². The van der Waals surface area contributed by atoms with Crippen LogP contribution in [0.3, 0.4) is 0 Å². The maximum Gasteiger partial charge on any atom is 0.348 e. The molecule has 0 aliphatic rings. The fraction of sp³-hybridized carbons (Fsp3) is 0.200. The van der Waals surface area contributed by atoms with E-state index in [0.29, 0.717) is 4.88 Å². The third-order valence-electron chi connectivity index (χ3n) is 2.88. The van der Waals surface area contributed by atoms with Crippen LogP contribution in [0.5, 0.6) is 5.75 Å².